The number of carbonyl (C=O) groups is 1. The smallest absolute Gasteiger partial charge is 0.262 e. The summed E-state index contributed by atoms with van der Waals surface area (Å²) in [5.41, 5.74) is 1.16. The van der Waals surface area contributed by atoms with Crippen LogP contribution >= 0.6 is 0 Å². The second kappa shape index (κ2) is 8.29. The molecule has 0 aliphatic rings. The zero-order valence-electron chi connectivity index (χ0n) is 14.3. The predicted molar refractivity (Wildman–Crippen MR) is 93.3 cm³/mol. The molecule has 0 radical (unpaired) electrons. The first-order chi connectivity index (χ1) is 11.5. The van der Waals surface area contributed by atoms with Crippen molar-refractivity contribution in [2.24, 2.45) is 5.92 Å². The number of nitrogens with zero attached hydrogens (tertiary/aromatic N) is 2. The first-order valence-corrected chi connectivity index (χ1v) is 8.00. The van der Waals surface area contributed by atoms with Crippen LogP contribution in [0.25, 0.3) is 0 Å². The molecule has 6 heteroatoms. The molecule has 0 fully saturated rings. The summed E-state index contributed by atoms with van der Waals surface area (Å²) in [4.78, 5) is 27.8. The lowest BCUT2D eigenvalue weighted by Gasteiger charge is -2.15. The van der Waals surface area contributed by atoms with Gasteiger partial charge in [-0.2, -0.15) is 0 Å². The first-order valence-electron chi connectivity index (χ1n) is 8.00. The molecule has 2 heterocycles. The van der Waals surface area contributed by atoms with Crippen LogP contribution in [-0.2, 0) is 11.3 Å². The van der Waals surface area contributed by atoms with Crippen molar-refractivity contribution in [1.29, 1.82) is 0 Å². The topological polar surface area (TPSA) is 73.2 Å². The van der Waals surface area contributed by atoms with Gasteiger partial charge in [-0.15, -0.1) is 0 Å². The molecule has 0 saturated carbocycles. The van der Waals surface area contributed by atoms with E-state index in [2.05, 4.69) is 24.1 Å². The van der Waals surface area contributed by atoms with Crippen LogP contribution in [0.1, 0.15) is 26.0 Å². The van der Waals surface area contributed by atoms with E-state index in [9.17, 15) is 9.59 Å². The molecule has 1 N–H and O–H groups in total. The van der Waals surface area contributed by atoms with E-state index in [-0.39, 0.29) is 23.7 Å². The SMILES string of the molecule is Cc1c(OCC(=O)Nc2ccncc2)c(=O)ccn1CCC(C)C. The van der Waals surface area contributed by atoms with Crippen molar-refractivity contribution < 1.29 is 9.53 Å². The van der Waals surface area contributed by atoms with Gasteiger partial charge in [0.1, 0.15) is 0 Å². The predicted octanol–water partition coefficient (Wildman–Crippen LogP) is 2.62. The fourth-order valence-corrected chi connectivity index (χ4v) is 2.24. The number of amides is 1. The Hall–Kier alpha value is -2.63. The minimum Gasteiger partial charge on any atom is -0.478 e. The number of ether oxygens (including phenoxy) is 1. The fraction of sp³-hybridized carbons (Fsp3) is 0.389. The highest BCUT2D eigenvalue weighted by molar-refractivity contribution is 5.91. The van der Waals surface area contributed by atoms with Crippen LogP contribution in [-0.4, -0.2) is 22.1 Å². The molecule has 0 saturated heterocycles. The minimum absolute atomic E-state index is 0.216. The number of anilines is 1. The molecular formula is C18H23N3O3. The second-order valence-electron chi connectivity index (χ2n) is 6.04. The van der Waals surface area contributed by atoms with Gasteiger partial charge in [0.2, 0.25) is 5.43 Å². The zero-order chi connectivity index (χ0) is 17.5. The van der Waals surface area contributed by atoms with Crippen LogP contribution in [0.3, 0.4) is 0 Å². The van der Waals surface area contributed by atoms with Crippen LogP contribution < -0.4 is 15.5 Å². The van der Waals surface area contributed by atoms with E-state index in [1.54, 1.807) is 30.7 Å². The average molecular weight is 329 g/mol. The molecule has 0 aliphatic heterocycles. The molecule has 128 valence electrons. The summed E-state index contributed by atoms with van der Waals surface area (Å²) in [5.74, 6) is 0.475. The van der Waals surface area contributed by atoms with Crippen molar-refractivity contribution in [2.45, 2.75) is 33.7 Å². The lowest BCUT2D eigenvalue weighted by molar-refractivity contribution is -0.118. The highest BCUT2D eigenvalue weighted by Crippen LogP contribution is 2.14. The fourth-order valence-electron chi connectivity index (χ4n) is 2.24. The summed E-state index contributed by atoms with van der Waals surface area (Å²) in [5, 5.41) is 2.69. The van der Waals surface area contributed by atoms with Gasteiger partial charge in [0, 0.05) is 36.9 Å². The summed E-state index contributed by atoms with van der Waals surface area (Å²) >= 11 is 0. The number of carbonyl (C=O) groups excluding carboxylic acids is 1. The number of aryl methyl sites for hydroxylation is 1. The van der Waals surface area contributed by atoms with Crippen molar-refractivity contribution in [3.05, 3.63) is 52.7 Å². The highest BCUT2D eigenvalue weighted by atomic mass is 16.5. The van der Waals surface area contributed by atoms with E-state index in [0.717, 1.165) is 18.7 Å². The van der Waals surface area contributed by atoms with E-state index in [4.69, 9.17) is 4.74 Å². The molecule has 24 heavy (non-hydrogen) atoms. The quantitative estimate of drug-likeness (QED) is 0.847. The molecule has 0 aromatic carbocycles. The third-order valence-electron chi connectivity index (χ3n) is 3.65. The average Bonchev–Trinajstić information content (AvgIpc) is 2.54. The van der Waals surface area contributed by atoms with Gasteiger partial charge < -0.3 is 14.6 Å². The van der Waals surface area contributed by atoms with Crippen LogP contribution in [0.5, 0.6) is 5.75 Å². The Kier molecular flexibility index (Phi) is 6.12. The van der Waals surface area contributed by atoms with Crippen LogP contribution in [0.4, 0.5) is 5.69 Å². The van der Waals surface area contributed by atoms with Crippen molar-refractivity contribution in [3.63, 3.8) is 0 Å². The van der Waals surface area contributed by atoms with Crippen molar-refractivity contribution in [2.75, 3.05) is 11.9 Å². The number of nitrogens with one attached hydrogen (secondary N) is 1. The van der Waals surface area contributed by atoms with E-state index in [1.807, 2.05) is 11.5 Å². The third-order valence-corrected chi connectivity index (χ3v) is 3.65. The first kappa shape index (κ1) is 17.7. The van der Waals surface area contributed by atoms with E-state index in [0.29, 0.717) is 11.6 Å². The van der Waals surface area contributed by atoms with Crippen molar-refractivity contribution in [1.82, 2.24) is 9.55 Å². The lowest BCUT2D eigenvalue weighted by Crippen LogP contribution is -2.23. The van der Waals surface area contributed by atoms with E-state index in [1.165, 1.54) is 6.07 Å². The van der Waals surface area contributed by atoms with Crippen LogP contribution in [0.15, 0.2) is 41.6 Å². The Morgan fingerprint density at radius 2 is 2.00 bits per heavy atom. The number of pyridine rings is 2. The summed E-state index contributed by atoms with van der Waals surface area (Å²) in [6, 6.07) is 4.85. The van der Waals surface area contributed by atoms with Crippen LogP contribution in [0, 0.1) is 12.8 Å². The molecule has 2 aromatic rings. The van der Waals surface area contributed by atoms with Gasteiger partial charge in [-0.25, -0.2) is 0 Å². The van der Waals surface area contributed by atoms with Gasteiger partial charge in [0.05, 0.1) is 5.69 Å². The molecule has 6 nitrogen and oxygen atoms in total. The molecule has 2 aromatic heterocycles. The Morgan fingerprint density at radius 1 is 1.29 bits per heavy atom. The number of aromatic nitrogens is 2. The molecule has 0 atom stereocenters. The molecule has 1 amide bonds. The summed E-state index contributed by atoms with van der Waals surface area (Å²) in [7, 11) is 0. The monoisotopic (exact) mass is 329 g/mol. The van der Waals surface area contributed by atoms with Gasteiger partial charge in [0.15, 0.2) is 12.4 Å². The molecular weight excluding hydrogens is 306 g/mol. The van der Waals surface area contributed by atoms with Gasteiger partial charge in [-0.05, 0) is 31.4 Å². The maximum atomic E-state index is 12.0. The second-order valence-corrected chi connectivity index (χ2v) is 6.04. The van der Waals surface area contributed by atoms with Crippen molar-refractivity contribution in [3.8, 4) is 5.75 Å². The summed E-state index contributed by atoms with van der Waals surface area (Å²) in [6.07, 6.45) is 5.95. The third kappa shape index (κ3) is 4.94. The maximum Gasteiger partial charge on any atom is 0.262 e. The minimum atomic E-state index is -0.322. The number of hydrogen-bond donors (Lipinski definition) is 1. The van der Waals surface area contributed by atoms with Gasteiger partial charge >= 0.3 is 0 Å². The van der Waals surface area contributed by atoms with Gasteiger partial charge in [0.25, 0.3) is 5.91 Å². The maximum absolute atomic E-state index is 12.0. The standard InChI is InChI=1S/C18H23N3O3/c1-13(2)6-10-21-11-7-16(22)18(14(21)3)24-12-17(23)20-15-4-8-19-9-5-15/h4-5,7-9,11,13H,6,10,12H2,1-3H3,(H,19,20,23). The molecule has 0 bridgehead atoms. The lowest BCUT2D eigenvalue weighted by atomic mass is 10.1. The summed E-state index contributed by atoms with van der Waals surface area (Å²) < 4.78 is 7.47. The largest absolute Gasteiger partial charge is 0.478 e. The number of rotatable bonds is 7. The van der Waals surface area contributed by atoms with Gasteiger partial charge in [-0.1, -0.05) is 13.8 Å². The Morgan fingerprint density at radius 3 is 2.67 bits per heavy atom. The highest BCUT2D eigenvalue weighted by Gasteiger charge is 2.11. The Balaban J connectivity index is 2.02. The van der Waals surface area contributed by atoms with E-state index >= 15 is 0 Å². The van der Waals surface area contributed by atoms with Crippen LogP contribution in [0.2, 0.25) is 0 Å². The Bertz CT molecular complexity index is 739. The normalized spacial score (nSPS) is 10.7. The zero-order valence-corrected chi connectivity index (χ0v) is 14.3. The van der Waals surface area contributed by atoms with E-state index < -0.39 is 0 Å². The molecule has 0 unspecified atom stereocenters. The summed E-state index contributed by atoms with van der Waals surface area (Å²) in [6.45, 7) is 6.73. The van der Waals surface area contributed by atoms with Gasteiger partial charge in [-0.3, -0.25) is 14.6 Å². The molecule has 2 rings (SSSR count). The Labute approximate surface area is 141 Å². The number of hydrogen-bond acceptors (Lipinski definition) is 4. The molecule has 0 aliphatic carbocycles. The van der Waals surface area contributed by atoms with Crippen molar-refractivity contribution >= 4 is 11.6 Å². The molecule has 0 spiro atoms.